The van der Waals surface area contributed by atoms with Crippen molar-refractivity contribution in [2.75, 3.05) is 19.4 Å². The zero-order valence-electron chi connectivity index (χ0n) is 11.6. The Morgan fingerprint density at radius 2 is 2.15 bits per heavy atom. The molecule has 0 aliphatic carbocycles. The summed E-state index contributed by atoms with van der Waals surface area (Å²) in [4.78, 5) is 4.41. The van der Waals surface area contributed by atoms with Crippen molar-refractivity contribution >= 4 is 15.8 Å². The lowest BCUT2D eigenvalue weighted by Gasteiger charge is -2.20. The lowest BCUT2D eigenvalue weighted by atomic mass is 9.95. The fourth-order valence-electron chi connectivity index (χ4n) is 2.81. The highest BCUT2D eigenvalue weighted by atomic mass is 32.2. The lowest BCUT2D eigenvalue weighted by molar-refractivity contribution is 0.102. The van der Waals surface area contributed by atoms with Gasteiger partial charge in [0, 0.05) is 20.3 Å². The van der Waals surface area contributed by atoms with E-state index >= 15 is 0 Å². The van der Waals surface area contributed by atoms with Crippen molar-refractivity contribution < 1.29 is 13.2 Å². The molecule has 3 rings (SSSR count). The minimum atomic E-state index is -3.41. The molecule has 0 spiro atoms. The maximum absolute atomic E-state index is 11.9. The number of fused-ring (bicyclic) bond motifs is 2. The van der Waals surface area contributed by atoms with Gasteiger partial charge in [0.15, 0.2) is 0 Å². The standard InChI is InChI=1S/C13H19N3O3S/c1-16(2)20(17,18)10-4-6-13(14-8-10)15-11-7-9-3-5-12(11)19-9/h4,6,8-9,11-12H,3,5,7H2,1-2H3,(H,14,15). The Morgan fingerprint density at radius 3 is 2.65 bits per heavy atom. The molecule has 0 radical (unpaired) electrons. The maximum Gasteiger partial charge on any atom is 0.244 e. The SMILES string of the molecule is CN(C)S(=O)(=O)c1ccc(NC2CC3CCC2O3)nc1. The van der Waals surface area contributed by atoms with Crippen LogP contribution in [-0.2, 0) is 14.8 Å². The third kappa shape index (κ3) is 2.41. The summed E-state index contributed by atoms with van der Waals surface area (Å²) < 4.78 is 30.8. The van der Waals surface area contributed by atoms with Crippen molar-refractivity contribution in [1.29, 1.82) is 0 Å². The van der Waals surface area contributed by atoms with Gasteiger partial charge in [-0.25, -0.2) is 17.7 Å². The summed E-state index contributed by atoms with van der Waals surface area (Å²) in [7, 11) is -0.395. The average Bonchev–Trinajstić information content (AvgIpc) is 3.01. The number of rotatable bonds is 4. The van der Waals surface area contributed by atoms with Crippen LogP contribution in [-0.4, -0.2) is 50.1 Å². The fraction of sp³-hybridized carbons (Fsp3) is 0.615. The second-order valence-electron chi connectivity index (χ2n) is 5.53. The van der Waals surface area contributed by atoms with E-state index in [1.165, 1.54) is 24.6 Å². The van der Waals surface area contributed by atoms with E-state index in [1.807, 2.05) is 0 Å². The molecular weight excluding hydrogens is 278 g/mol. The smallest absolute Gasteiger partial charge is 0.244 e. The van der Waals surface area contributed by atoms with E-state index in [1.54, 1.807) is 12.1 Å². The molecule has 3 unspecified atom stereocenters. The van der Waals surface area contributed by atoms with E-state index < -0.39 is 10.0 Å². The first-order chi connectivity index (χ1) is 9.46. The Bertz CT molecular complexity index is 585. The number of hydrogen-bond acceptors (Lipinski definition) is 5. The first-order valence-corrected chi connectivity index (χ1v) is 8.21. The average molecular weight is 297 g/mol. The van der Waals surface area contributed by atoms with Crippen LogP contribution >= 0.6 is 0 Å². The van der Waals surface area contributed by atoms with Crippen LogP contribution in [0.25, 0.3) is 0 Å². The van der Waals surface area contributed by atoms with Crippen LogP contribution < -0.4 is 5.32 Å². The van der Waals surface area contributed by atoms with Crippen LogP contribution in [0.1, 0.15) is 19.3 Å². The molecule has 2 bridgehead atoms. The van der Waals surface area contributed by atoms with Crippen LogP contribution in [0, 0.1) is 0 Å². The minimum Gasteiger partial charge on any atom is -0.373 e. The van der Waals surface area contributed by atoms with E-state index in [0.717, 1.165) is 19.3 Å². The van der Waals surface area contributed by atoms with Gasteiger partial charge in [0.05, 0.1) is 18.2 Å². The number of sulfonamides is 1. The number of hydrogen-bond donors (Lipinski definition) is 1. The van der Waals surface area contributed by atoms with Crippen molar-refractivity contribution in [3.63, 3.8) is 0 Å². The topological polar surface area (TPSA) is 71.5 Å². The molecule has 2 aliphatic rings. The zero-order valence-corrected chi connectivity index (χ0v) is 12.4. The molecule has 3 heterocycles. The normalized spacial score (nSPS) is 29.1. The molecule has 0 aromatic carbocycles. The van der Waals surface area contributed by atoms with Crippen molar-refractivity contribution in [3.8, 4) is 0 Å². The second-order valence-corrected chi connectivity index (χ2v) is 7.68. The van der Waals surface area contributed by atoms with Crippen molar-refractivity contribution in [3.05, 3.63) is 18.3 Å². The van der Waals surface area contributed by atoms with Gasteiger partial charge in [-0.3, -0.25) is 0 Å². The summed E-state index contributed by atoms with van der Waals surface area (Å²) in [6.07, 6.45) is 5.29. The van der Waals surface area contributed by atoms with E-state index in [4.69, 9.17) is 4.74 Å². The molecular formula is C13H19N3O3S. The molecule has 1 N–H and O–H groups in total. The fourth-order valence-corrected chi connectivity index (χ4v) is 3.66. The predicted octanol–water partition coefficient (Wildman–Crippen LogP) is 1.06. The molecule has 2 aliphatic heterocycles. The molecule has 110 valence electrons. The molecule has 0 saturated carbocycles. The monoisotopic (exact) mass is 297 g/mol. The highest BCUT2D eigenvalue weighted by molar-refractivity contribution is 7.89. The highest BCUT2D eigenvalue weighted by Crippen LogP contribution is 2.35. The van der Waals surface area contributed by atoms with Gasteiger partial charge in [-0.2, -0.15) is 0 Å². The van der Waals surface area contributed by atoms with Crippen LogP contribution in [0.15, 0.2) is 23.2 Å². The van der Waals surface area contributed by atoms with Gasteiger partial charge in [-0.15, -0.1) is 0 Å². The molecule has 6 nitrogen and oxygen atoms in total. The highest BCUT2D eigenvalue weighted by Gasteiger charge is 2.40. The van der Waals surface area contributed by atoms with Gasteiger partial charge in [0.25, 0.3) is 0 Å². The lowest BCUT2D eigenvalue weighted by Crippen LogP contribution is -2.30. The minimum absolute atomic E-state index is 0.206. The molecule has 20 heavy (non-hydrogen) atoms. The Kier molecular flexibility index (Phi) is 3.43. The number of nitrogens with zero attached hydrogens (tertiary/aromatic N) is 2. The molecule has 1 aromatic rings. The molecule has 2 fully saturated rings. The maximum atomic E-state index is 11.9. The molecule has 2 saturated heterocycles. The first-order valence-electron chi connectivity index (χ1n) is 6.77. The Morgan fingerprint density at radius 1 is 1.35 bits per heavy atom. The van der Waals surface area contributed by atoms with E-state index in [-0.39, 0.29) is 17.0 Å². The summed E-state index contributed by atoms with van der Waals surface area (Å²) in [5, 5.41) is 3.34. The van der Waals surface area contributed by atoms with Crippen molar-refractivity contribution in [1.82, 2.24) is 9.29 Å². The van der Waals surface area contributed by atoms with Crippen molar-refractivity contribution in [2.45, 2.75) is 42.4 Å². The number of aromatic nitrogens is 1. The quantitative estimate of drug-likeness (QED) is 0.900. The van der Waals surface area contributed by atoms with Crippen LogP contribution in [0.5, 0.6) is 0 Å². The summed E-state index contributed by atoms with van der Waals surface area (Å²) in [5.41, 5.74) is 0. The summed E-state index contributed by atoms with van der Waals surface area (Å²) in [6.45, 7) is 0. The van der Waals surface area contributed by atoms with Crippen molar-refractivity contribution in [2.24, 2.45) is 0 Å². The summed E-state index contributed by atoms with van der Waals surface area (Å²) >= 11 is 0. The Hall–Kier alpha value is -1.18. The van der Waals surface area contributed by atoms with Gasteiger partial charge >= 0.3 is 0 Å². The van der Waals surface area contributed by atoms with Gasteiger partial charge in [-0.05, 0) is 31.4 Å². The first kappa shape index (κ1) is 13.8. The Labute approximate surface area is 119 Å². The molecule has 3 atom stereocenters. The summed E-state index contributed by atoms with van der Waals surface area (Å²) in [6, 6.07) is 3.58. The molecule has 1 aromatic heterocycles. The van der Waals surface area contributed by atoms with Crippen LogP contribution in [0.3, 0.4) is 0 Å². The van der Waals surface area contributed by atoms with E-state index in [2.05, 4.69) is 10.3 Å². The Balaban J connectivity index is 1.71. The second kappa shape index (κ2) is 4.98. The van der Waals surface area contributed by atoms with Crippen LogP contribution in [0.4, 0.5) is 5.82 Å². The number of pyridine rings is 1. The number of nitrogens with one attached hydrogen (secondary N) is 1. The van der Waals surface area contributed by atoms with Crippen LogP contribution in [0.2, 0.25) is 0 Å². The van der Waals surface area contributed by atoms with Gasteiger partial charge in [0.2, 0.25) is 10.0 Å². The third-order valence-corrected chi connectivity index (χ3v) is 5.75. The molecule has 7 heteroatoms. The third-order valence-electron chi connectivity index (χ3n) is 3.95. The zero-order chi connectivity index (χ0) is 14.3. The van der Waals surface area contributed by atoms with Gasteiger partial charge in [0.1, 0.15) is 10.7 Å². The van der Waals surface area contributed by atoms with E-state index in [0.29, 0.717) is 11.9 Å². The van der Waals surface area contributed by atoms with Gasteiger partial charge in [-0.1, -0.05) is 0 Å². The largest absolute Gasteiger partial charge is 0.373 e. The molecule has 0 amide bonds. The summed E-state index contributed by atoms with van der Waals surface area (Å²) in [5.74, 6) is 0.698. The number of anilines is 1. The van der Waals surface area contributed by atoms with Gasteiger partial charge < -0.3 is 10.1 Å². The number of ether oxygens (including phenoxy) is 1. The van der Waals surface area contributed by atoms with E-state index in [9.17, 15) is 8.42 Å². The predicted molar refractivity (Wildman–Crippen MR) is 75.0 cm³/mol.